The molecule has 1 aliphatic heterocycles. The summed E-state index contributed by atoms with van der Waals surface area (Å²) < 4.78 is 79.4. The number of nitrogens with one attached hydrogen (secondary N) is 1. The maximum atomic E-state index is 13.3. The van der Waals surface area contributed by atoms with Crippen LogP contribution >= 0.6 is 12.4 Å². The number of rotatable bonds is 4. The monoisotopic (exact) mass is 494 g/mol. The number of nitrogens with zero attached hydrogens (tertiary/aromatic N) is 1. The summed E-state index contributed by atoms with van der Waals surface area (Å²) in [5, 5.41) is 3.25. The third kappa shape index (κ3) is 6.20. The number of benzene rings is 2. The lowest BCUT2D eigenvalue weighted by molar-refractivity contribution is -0.143. The molecule has 33 heavy (non-hydrogen) atoms. The summed E-state index contributed by atoms with van der Waals surface area (Å²) in [5.41, 5.74) is -2.04. The van der Waals surface area contributed by atoms with Crippen LogP contribution in [-0.4, -0.2) is 30.9 Å². The Kier molecular flexibility index (Phi) is 8.46. The van der Waals surface area contributed by atoms with Crippen LogP contribution in [0.1, 0.15) is 47.6 Å². The maximum absolute atomic E-state index is 13.3. The van der Waals surface area contributed by atoms with Crippen molar-refractivity contribution in [3.05, 3.63) is 70.8 Å². The summed E-state index contributed by atoms with van der Waals surface area (Å²) in [4.78, 5) is 14.6. The summed E-state index contributed by atoms with van der Waals surface area (Å²) >= 11 is 0. The molecule has 2 unspecified atom stereocenters. The minimum Gasteiger partial charge on any atom is -0.339 e. The summed E-state index contributed by atoms with van der Waals surface area (Å²) in [5.74, 6) is -0.878. The number of halogens is 7. The Morgan fingerprint density at radius 2 is 1.55 bits per heavy atom. The summed E-state index contributed by atoms with van der Waals surface area (Å²) in [6.07, 6.45) is -9.36. The predicted molar refractivity (Wildman–Crippen MR) is 115 cm³/mol. The number of piperidine rings is 1. The van der Waals surface area contributed by atoms with Gasteiger partial charge < -0.3 is 10.2 Å². The fraction of sp³-hybridized carbons (Fsp3) is 0.435. The second-order valence-electron chi connectivity index (χ2n) is 8.08. The Morgan fingerprint density at radius 1 is 1.00 bits per heavy atom. The molecule has 2 aromatic carbocycles. The first kappa shape index (κ1) is 27.0. The zero-order valence-electron chi connectivity index (χ0n) is 18.0. The van der Waals surface area contributed by atoms with Crippen LogP contribution in [0.3, 0.4) is 0 Å². The number of hydrogen-bond acceptors (Lipinski definition) is 2. The van der Waals surface area contributed by atoms with Crippen molar-refractivity contribution in [1.29, 1.82) is 0 Å². The van der Waals surface area contributed by atoms with Crippen molar-refractivity contribution in [3.63, 3.8) is 0 Å². The van der Waals surface area contributed by atoms with Gasteiger partial charge in [-0.2, -0.15) is 26.3 Å². The van der Waals surface area contributed by atoms with Gasteiger partial charge in [0.25, 0.3) is 0 Å². The highest BCUT2D eigenvalue weighted by atomic mass is 35.5. The molecule has 0 radical (unpaired) electrons. The van der Waals surface area contributed by atoms with E-state index in [-0.39, 0.29) is 35.9 Å². The molecular weight excluding hydrogens is 470 g/mol. The molecule has 0 saturated carbocycles. The van der Waals surface area contributed by atoms with E-state index in [0.717, 1.165) is 5.56 Å². The van der Waals surface area contributed by atoms with Crippen LogP contribution in [0.2, 0.25) is 0 Å². The average molecular weight is 495 g/mol. The molecule has 0 spiro atoms. The minimum atomic E-state index is -4.94. The molecule has 10 heteroatoms. The Balaban J connectivity index is 0.00000385. The van der Waals surface area contributed by atoms with Crippen molar-refractivity contribution < 1.29 is 31.1 Å². The van der Waals surface area contributed by atoms with E-state index in [1.54, 1.807) is 0 Å². The number of carbonyl (C=O) groups is 1. The predicted octanol–water partition coefficient (Wildman–Crippen LogP) is 6.06. The molecule has 0 bridgehead atoms. The van der Waals surface area contributed by atoms with E-state index < -0.39 is 35.4 Å². The zero-order valence-corrected chi connectivity index (χ0v) is 18.8. The molecule has 1 N–H and O–H groups in total. The highest BCUT2D eigenvalue weighted by Crippen LogP contribution is 2.39. The van der Waals surface area contributed by atoms with E-state index in [9.17, 15) is 31.1 Å². The maximum Gasteiger partial charge on any atom is 0.416 e. The third-order valence-corrected chi connectivity index (χ3v) is 6.05. The van der Waals surface area contributed by atoms with Gasteiger partial charge in [0.2, 0.25) is 5.91 Å². The molecule has 3 nitrogen and oxygen atoms in total. The van der Waals surface area contributed by atoms with Gasteiger partial charge in [-0.1, -0.05) is 30.3 Å². The highest BCUT2D eigenvalue weighted by molar-refractivity contribution is 5.85. The molecule has 0 aliphatic carbocycles. The molecule has 2 aromatic rings. The van der Waals surface area contributed by atoms with Crippen LogP contribution in [-0.2, 0) is 17.1 Å². The number of carbonyl (C=O) groups excluding carboxylic acids is 1. The highest BCUT2D eigenvalue weighted by Gasteiger charge is 2.39. The van der Waals surface area contributed by atoms with E-state index >= 15 is 0 Å². The second kappa shape index (κ2) is 10.3. The van der Waals surface area contributed by atoms with Crippen LogP contribution in [0, 0.1) is 5.92 Å². The lowest BCUT2D eigenvalue weighted by Crippen LogP contribution is -2.44. The van der Waals surface area contributed by atoms with Crippen molar-refractivity contribution in [2.24, 2.45) is 5.92 Å². The topological polar surface area (TPSA) is 32.3 Å². The van der Waals surface area contributed by atoms with Crippen molar-refractivity contribution in [2.45, 2.75) is 37.7 Å². The largest absolute Gasteiger partial charge is 0.416 e. The minimum absolute atomic E-state index is 0. The fourth-order valence-corrected chi connectivity index (χ4v) is 4.10. The van der Waals surface area contributed by atoms with Crippen molar-refractivity contribution in [3.8, 4) is 0 Å². The Hall–Kier alpha value is -2.26. The molecule has 1 aliphatic rings. The first-order chi connectivity index (χ1) is 14.9. The lowest BCUT2D eigenvalue weighted by atomic mass is 9.80. The van der Waals surface area contributed by atoms with E-state index in [1.165, 1.54) is 18.9 Å². The third-order valence-electron chi connectivity index (χ3n) is 6.05. The van der Waals surface area contributed by atoms with Crippen molar-refractivity contribution in [1.82, 2.24) is 10.2 Å². The van der Waals surface area contributed by atoms with Crippen LogP contribution in [0.25, 0.3) is 0 Å². The van der Waals surface area contributed by atoms with Crippen molar-refractivity contribution in [2.75, 3.05) is 20.1 Å². The first-order valence-electron chi connectivity index (χ1n) is 10.2. The average Bonchev–Trinajstić information content (AvgIpc) is 2.76. The van der Waals surface area contributed by atoms with Crippen molar-refractivity contribution >= 4 is 18.3 Å². The zero-order chi connectivity index (χ0) is 23.7. The molecular formula is C23H25ClF6N2O. The van der Waals surface area contributed by atoms with E-state index in [1.807, 2.05) is 30.3 Å². The first-order valence-corrected chi connectivity index (χ1v) is 10.2. The fourth-order valence-electron chi connectivity index (χ4n) is 4.10. The van der Waals surface area contributed by atoms with Crippen LogP contribution in [0.4, 0.5) is 26.3 Å². The van der Waals surface area contributed by atoms with Gasteiger partial charge in [-0.15, -0.1) is 12.4 Å². The molecule has 0 aromatic heterocycles. The normalized spacial score (nSPS) is 20.0. The quantitative estimate of drug-likeness (QED) is 0.524. The van der Waals surface area contributed by atoms with E-state index in [0.29, 0.717) is 31.6 Å². The van der Waals surface area contributed by atoms with E-state index in [4.69, 9.17) is 0 Å². The molecule has 182 valence electrons. The van der Waals surface area contributed by atoms with Crippen LogP contribution in [0.15, 0.2) is 48.5 Å². The summed E-state index contributed by atoms with van der Waals surface area (Å²) in [6, 6.07) is 9.87. The Morgan fingerprint density at radius 3 is 2.06 bits per heavy atom. The molecule has 3 atom stereocenters. The molecule has 1 fully saturated rings. The van der Waals surface area contributed by atoms with Gasteiger partial charge in [0.15, 0.2) is 0 Å². The summed E-state index contributed by atoms with van der Waals surface area (Å²) in [7, 11) is 1.42. The number of alkyl halides is 6. The van der Waals surface area contributed by atoms with Gasteiger partial charge >= 0.3 is 12.4 Å². The van der Waals surface area contributed by atoms with Crippen LogP contribution < -0.4 is 5.32 Å². The molecule has 3 rings (SSSR count). The van der Waals surface area contributed by atoms with Gasteiger partial charge in [-0.05, 0) is 49.2 Å². The van der Waals surface area contributed by atoms with Crippen LogP contribution in [0.5, 0.6) is 0 Å². The molecule has 1 heterocycles. The summed E-state index contributed by atoms with van der Waals surface area (Å²) in [6.45, 7) is 2.60. The van der Waals surface area contributed by atoms with Gasteiger partial charge in [-0.3, -0.25) is 4.79 Å². The Labute approximate surface area is 194 Å². The van der Waals surface area contributed by atoms with Gasteiger partial charge in [0.05, 0.1) is 17.2 Å². The number of amides is 1. The number of hydrogen-bond donors (Lipinski definition) is 1. The van der Waals surface area contributed by atoms with Gasteiger partial charge in [-0.25, -0.2) is 0 Å². The van der Waals surface area contributed by atoms with Gasteiger partial charge in [0, 0.05) is 25.4 Å². The van der Waals surface area contributed by atoms with E-state index in [2.05, 4.69) is 5.32 Å². The standard InChI is InChI=1S/C23H24F6N2O.ClH/c1-14(16-10-17(22(24,25)26)12-18(11-16)23(27,28)29)31(2)21(32)19-8-9-30-13-20(19)15-6-4-3-5-7-15;/h3-7,10-12,14,19-20,30H,8-9,13H2,1-2H3;1H/t14-,19?,20?;/m0./s1. The molecule has 1 saturated heterocycles. The smallest absolute Gasteiger partial charge is 0.339 e. The lowest BCUT2D eigenvalue weighted by Gasteiger charge is -2.36. The SMILES string of the molecule is C[C@@H](c1cc(C(F)(F)F)cc(C(F)(F)F)c1)N(C)C(=O)C1CCNCC1c1ccccc1.Cl. The molecule has 1 amide bonds. The Bertz CT molecular complexity index is 916. The van der Waals surface area contributed by atoms with Gasteiger partial charge in [0.1, 0.15) is 0 Å². The second-order valence-corrected chi connectivity index (χ2v) is 8.08.